The molecule has 3 N–H and O–H groups in total. The van der Waals surface area contributed by atoms with E-state index in [2.05, 4.69) is 32.3 Å². The molecule has 1 aromatic heterocycles. The molecule has 0 bridgehead atoms. The third-order valence-corrected chi connectivity index (χ3v) is 4.22. The van der Waals surface area contributed by atoms with Gasteiger partial charge in [0, 0.05) is 33.2 Å². The lowest BCUT2D eigenvalue weighted by atomic mass is 9.95. The predicted octanol–water partition coefficient (Wildman–Crippen LogP) is 3.11. The molecular formula is C14H17BrN2O. The van der Waals surface area contributed by atoms with E-state index in [9.17, 15) is 5.11 Å². The van der Waals surface area contributed by atoms with Crippen molar-refractivity contribution in [2.45, 2.75) is 31.4 Å². The van der Waals surface area contributed by atoms with Crippen LogP contribution in [0.1, 0.15) is 30.9 Å². The first-order valence-electron chi connectivity index (χ1n) is 6.44. The van der Waals surface area contributed by atoms with Crippen molar-refractivity contribution < 1.29 is 5.11 Å². The number of piperidine rings is 1. The number of hydrogen-bond acceptors (Lipinski definition) is 2. The second kappa shape index (κ2) is 5.03. The fourth-order valence-corrected chi connectivity index (χ4v) is 3.09. The van der Waals surface area contributed by atoms with E-state index in [-0.39, 0.29) is 6.04 Å². The van der Waals surface area contributed by atoms with E-state index >= 15 is 0 Å². The SMILES string of the molecule is OC(c1c[nH]c2cc(Br)ccc12)C1CCCCN1. The Morgan fingerprint density at radius 1 is 1.33 bits per heavy atom. The molecule has 2 heterocycles. The molecule has 3 nitrogen and oxygen atoms in total. The van der Waals surface area contributed by atoms with Gasteiger partial charge >= 0.3 is 0 Å². The molecule has 0 radical (unpaired) electrons. The highest BCUT2D eigenvalue weighted by molar-refractivity contribution is 9.10. The van der Waals surface area contributed by atoms with Crippen molar-refractivity contribution in [1.82, 2.24) is 10.3 Å². The topological polar surface area (TPSA) is 48.0 Å². The number of rotatable bonds is 2. The van der Waals surface area contributed by atoms with Crippen LogP contribution in [0.3, 0.4) is 0 Å². The molecule has 0 spiro atoms. The van der Waals surface area contributed by atoms with Gasteiger partial charge < -0.3 is 15.4 Å². The van der Waals surface area contributed by atoms with Crippen molar-refractivity contribution in [2.24, 2.45) is 0 Å². The standard InChI is InChI=1S/C14H17BrN2O/c15-9-4-5-10-11(8-17-13(10)7-9)14(18)12-3-1-2-6-16-12/h4-5,7-8,12,14,16-18H,1-3,6H2. The molecule has 0 amide bonds. The molecule has 2 aromatic rings. The van der Waals surface area contributed by atoms with Gasteiger partial charge in [-0.3, -0.25) is 0 Å². The first-order valence-corrected chi connectivity index (χ1v) is 7.23. The Bertz CT molecular complexity index is 546. The van der Waals surface area contributed by atoms with Crippen LogP contribution in [-0.2, 0) is 0 Å². The van der Waals surface area contributed by atoms with E-state index in [0.29, 0.717) is 0 Å². The van der Waals surface area contributed by atoms with Crippen LogP contribution >= 0.6 is 15.9 Å². The number of halogens is 1. The second-order valence-electron chi connectivity index (χ2n) is 4.94. The van der Waals surface area contributed by atoms with Crippen molar-refractivity contribution in [3.8, 4) is 0 Å². The Morgan fingerprint density at radius 2 is 2.22 bits per heavy atom. The summed E-state index contributed by atoms with van der Waals surface area (Å²) >= 11 is 3.46. The van der Waals surface area contributed by atoms with Gasteiger partial charge in [-0.05, 0) is 31.5 Å². The zero-order chi connectivity index (χ0) is 12.5. The molecule has 1 fully saturated rings. The van der Waals surface area contributed by atoms with Crippen LogP contribution in [0, 0.1) is 0 Å². The highest BCUT2D eigenvalue weighted by Crippen LogP contribution is 2.30. The Hall–Kier alpha value is -0.840. The van der Waals surface area contributed by atoms with Gasteiger partial charge in [0.15, 0.2) is 0 Å². The minimum atomic E-state index is -0.430. The number of fused-ring (bicyclic) bond motifs is 1. The molecule has 18 heavy (non-hydrogen) atoms. The predicted molar refractivity (Wildman–Crippen MR) is 76.6 cm³/mol. The summed E-state index contributed by atoms with van der Waals surface area (Å²) in [6.07, 6.45) is 4.95. The number of hydrogen-bond donors (Lipinski definition) is 3. The maximum Gasteiger partial charge on any atom is 0.0963 e. The molecule has 1 aromatic carbocycles. The van der Waals surface area contributed by atoms with Crippen molar-refractivity contribution in [3.05, 3.63) is 34.4 Å². The van der Waals surface area contributed by atoms with Crippen LogP contribution in [0.15, 0.2) is 28.9 Å². The largest absolute Gasteiger partial charge is 0.387 e. The third-order valence-electron chi connectivity index (χ3n) is 3.72. The average molecular weight is 309 g/mol. The number of H-pyrrole nitrogens is 1. The summed E-state index contributed by atoms with van der Waals surface area (Å²) in [5, 5.41) is 15.0. The fraction of sp³-hybridized carbons (Fsp3) is 0.429. The normalized spacial score (nSPS) is 22.2. The number of aromatic nitrogens is 1. The Balaban J connectivity index is 1.93. The van der Waals surface area contributed by atoms with E-state index in [1.807, 2.05) is 18.3 Å². The Kier molecular flexibility index (Phi) is 3.41. The van der Waals surface area contributed by atoms with Gasteiger partial charge in [-0.25, -0.2) is 0 Å². The quantitative estimate of drug-likeness (QED) is 0.798. The van der Waals surface area contributed by atoms with Crippen molar-refractivity contribution >= 4 is 26.8 Å². The molecule has 96 valence electrons. The summed E-state index contributed by atoms with van der Waals surface area (Å²) in [4.78, 5) is 3.23. The van der Waals surface area contributed by atoms with E-state index < -0.39 is 6.10 Å². The maximum atomic E-state index is 10.5. The molecule has 2 atom stereocenters. The minimum Gasteiger partial charge on any atom is -0.387 e. The fourth-order valence-electron chi connectivity index (χ4n) is 2.73. The van der Waals surface area contributed by atoms with Crippen LogP contribution in [0.25, 0.3) is 10.9 Å². The summed E-state index contributed by atoms with van der Waals surface area (Å²) in [7, 11) is 0. The van der Waals surface area contributed by atoms with Gasteiger partial charge in [-0.1, -0.05) is 28.4 Å². The molecule has 4 heteroatoms. The first-order chi connectivity index (χ1) is 8.75. The van der Waals surface area contributed by atoms with Crippen LogP contribution in [0.2, 0.25) is 0 Å². The molecular weight excluding hydrogens is 292 g/mol. The van der Waals surface area contributed by atoms with E-state index in [1.54, 1.807) is 0 Å². The van der Waals surface area contributed by atoms with Crippen molar-refractivity contribution in [1.29, 1.82) is 0 Å². The number of nitrogens with one attached hydrogen (secondary N) is 2. The summed E-state index contributed by atoms with van der Waals surface area (Å²) in [6, 6.07) is 6.29. The number of aliphatic hydroxyl groups is 1. The van der Waals surface area contributed by atoms with Crippen molar-refractivity contribution in [2.75, 3.05) is 6.54 Å². The zero-order valence-corrected chi connectivity index (χ0v) is 11.7. The van der Waals surface area contributed by atoms with Crippen LogP contribution in [0.4, 0.5) is 0 Å². The first kappa shape index (κ1) is 12.2. The summed E-state index contributed by atoms with van der Waals surface area (Å²) in [6.45, 7) is 1.01. The number of aromatic amines is 1. The number of aliphatic hydroxyl groups excluding tert-OH is 1. The monoisotopic (exact) mass is 308 g/mol. The van der Waals surface area contributed by atoms with Crippen LogP contribution in [0.5, 0.6) is 0 Å². The molecule has 1 aliphatic rings. The van der Waals surface area contributed by atoms with E-state index in [1.165, 1.54) is 12.8 Å². The Labute approximate surface area is 115 Å². The van der Waals surface area contributed by atoms with Gasteiger partial charge in [-0.2, -0.15) is 0 Å². The molecule has 3 rings (SSSR count). The average Bonchev–Trinajstić information content (AvgIpc) is 2.81. The summed E-state index contributed by atoms with van der Waals surface area (Å²) in [5.74, 6) is 0. The van der Waals surface area contributed by atoms with Crippen LogP contribution in [-0.4, -0.2) is 22.7 Å². The lowest BCUT2D eigenvalue weighted by molar-refractivity contribution is 0.115. The van der Waals surface area contributed by atoms with Gasteiger partial charge in [-0.15, -0.1) is 0 Å². The van der Waals surface area contributed by atoms with Gasteiger partial charge in [0.05, 0.1) is 6.10 Å². The van der Waals surface area contributed by atoms with Gasteiger partial charge in [0.25, 0.3) is 0 Å². The van der Waals surface area contributed by atoms with Gasteiger partial charge in [0.1, 0.15) is 0 Å². The van der Waals surface area contributed by atoms with E-state index in [0.717, 1.165) is 33.9 Å². The van der Waals surface area contributed by atoms with Gasteiger partial charge in [0.2, 0.25) is 0 Å². The second-order valence-corrected chi connectivity index (χ2v) is 5.85. The maximum absolute atomic E-state index is 10.5. The molecule has 2 unspecified atom stereocenters. The highest BCUT2D eigenvalue weighted by atomic mass is 79.9. The lowest BCUT2D eigenvalue weighted by Crippen LogP contribution is -2.38. The minimum absolute atomic E-state index is 0.182. The van der Waals surface area contributed by atoms with Crippen molar-refractivity contribution in [3.63, 3.8) is 0 Å². The Morgan fingerprint density at radius 3 is 3.00 bits per heavy atom. The summed E-state index contributed by atoms with van der Waals surface area (Å²) in [5.41, 5.74) is 2.06. The van der Waals surface area contributed by atoms with E-state index in [4.69, 9.17) is 0 Å². The van der Waals surface area contributed by atoms with Crippen LogP contribution < -0.4 is 5.32 Å². The lowest BCUT2D eigenvalue weighted by Gasteiger charge is -2.27. The third kappa shape index (κ3) is 2.20. The molecule has 0 saturated carbocycles. The molecule has 1 aliphatic heterocycles. The molecule has 0 aliphatic carbocycles. The smallest absolute Gasteiger partial charge is 0.0963 e. The number of benzene rings is 1. The summed E-state index contributed by atoms with van der Waals surface area (Å²) < 4.78 is 1.05. The highest BCUT2D eigenvalue weighted by Gasteiger charge is 2.24. The molecule has 1 saturated heterocycles. The zero-order valence-electron chi connectivity index (χ0n) is 10.1.